The third-order valence-corrected chi connectivity index (χ3v) is 5.42. The molecule has 7 nitrogen and oxygen atoms in total. The second-order valence-electron chi connectivity index (χ2n) is 7.10. The molecule has 0 radical (unpaired) electrons. The van der Waals surface area contributed by atoms with Crippen molar-refractivity contribution in [3.63, 3.8) is 0 Å². The van der Waals surface area contributed by atoms with Crippen LogP contribution < -0.4 is 16.9 Å². The van der Waals surface area contributed by atoms with Gasteiger partial charge in [0.05, 0.1) is 5.41 Å². The van der Waals surface area contributed by atoms with E-state index in [1.165, 1.54) is 6.07 Å². The zero-order valence-corrected chi connectivity index (χ0v) is 14.9. The number of fused-ring (bicyclic) bond motifs is 1. The van der Waals surface area contributed by atoms with Gasteiger partial charge < -0.3 is 16.5 Å². The molecule has 26 heavy (non-hydrogen) atoms. The predicted molar refractivity (Wildman–Crippen MR) is 99.5 cm³/mol. The van der Waals surface area contributed by atoms with E-state index in [9.17, 15) is 14.4 Å². The first-order chi connectivity index (χ1) is 12.3. The Morgan fingerprint density at radius 1 is 1.27 bits per heavy atom. The molecule has 0 aliphatic carbocycles. The van der Waals surface area contributed by atoms with Gasteiger partial charge in [-0.25, -0.2) is 0 Å². The highest BCUT2D eigenvalue weighted by Gasteiger charge is 2.39. The molecule has 1 aliphatic rings. The van der Waals surface area contributed by atoms with Crippen molar-refractivity contribution < 1.29 is 9.59 Å². The summed E-state index contributed by atoms with van der Waals surface area (Å²) >= 11 is 0. The Balaban J connectivity index is 1.87. The van der Waals surface area contributed by atoms with E-state index in [1.54, 1.807) is 18.2 Å². The van der Waals surface area contributed by atoms with Crippen LogP contribution in [0.25, 0.3) is 10.9 Å². The van der Waals surface area contributed by atoms with E-state index < -0.39 is 11.3 Å². The van der Waals surface area contributed by atoms with Crippen molar-refractivity contribution in [2.45, 2.75) is 32.7 Å². The van der Waals surface area contributed by atoms with Gasteiger partial charge in [0.2, 0.25) is 11.8 Å². The zero-order chi connectivity index (χ0) is 18.9. The number of carbonyl (C=O) groups is 2. The lowest BCUT2D eigenvalue weighted by Crippen LogP contribution is -2.49. The lowest BCUT2D eigenvalue weighted by atomic mass is 9.77. The molecule has 2 heterocycles. The molecule has 2 amide bonds. The fourth-order valence-corrected chi connectivity index (χ4v) is 3.81. The molecule has 1 atom stereocenters. The molecule has 5 N–H and O–H groups in total. The van der Waals surface area contributed by atoms with Gasteiger partial charge in [-0.15, -0.1) is 0 Å². The molecular weight excluding hydrogens is 332 g/mol. The summed E-state index contributed by atoms with van der Waals surface area (Å²) in [5.41, 5.74) is 12.0. The number of likely N-dealkylation sites (tertiary alicyclic amines) is 1. The highest BCUT2D eigenvalue weighted by atomic mass is 16.1. The number of rotatable bonds is 5. The standard InChI is InChI=1S/C19H24N4O3/c1-2-19(18(21)26)6-3-7-23(11-19)10-13-9-16(24)14-8-12(17(20)25)4-5-15(14)22-13/h4-5,8-9H,2-3,6-7,10-11H2,1H3,(H2,20,25)(H2,21,26)(H,22,24). The number of pyridine rings is 1. The fraction of sp³-hybridized carbons (Fsp3) is 0.421. The number of nitrogens with one attached hydrogen (secondary N) is 1. The van der Waals surface area contributed by atoms with Crippen LogP contribution in [-0.2, 0) is 11.3 Å². The van der Waals surface area contributed by atoms with Crippen LogP contribution in [-0.4, -0.2) is 34.8 Å². The van der Waals surface area contributed by atoms with Crippen molar-refractivity contribution in [1.82, 2.24) is 9.88 Å². The number of nitrogens with two attached hydrogens (primary N) is 2. The van der Waals surface area contributed by atoms with E-state index in [2.05, 4.69) is 9.88 Å². The van der Waals surface area contributed by atoms with Gasteiger partial charge in [0, 0.05) is 41.3 Å². The van der Waals surface area contributed by atoms with Crippen molar-refractivity contribution in [3.05, 3.63) is 45.7 Å². The Morgan fingerprint density at radius 3 is 2.69 bits per heavy atom. The van der Waals surface area contributed by atoms with Gasteiger partial charge in [-0.3, -0.25) is 19.3 Å². The number of nitrogens with zero attached hydrogens (tertiary/aromatic N) is 1. The van der Waals surface area contributed by atoms with E-state index >= 15 is 0 Å². The first-order valence-corrected chi connectivity index (χ1v) is 8.83. The maximum atomic E-state index is 12.4. The second kappa shape index (κ2) is 6.92. The van der Waals surface area contributed by atoms with E-state index in [4.69, 9.17) is 11.5 Å². The van der Waals surface area contributed by atoms with Gasteiger partial charge in [-0.2, -0.15) is 0 Å². The average molecular weight is 356 g/mol. The van der Waals surface area contributed by atoms with Gasteiger partial charge in [0.15, 0.2) is 5.43 Å². The minimum absolute atomic E-state index is 0.162. The fourth-order valence-electron chi connectivity index (χ4n) is 3.81. The third kappa shape index (κ3) is 3.35. The number of H-pyrrole nitrogens is 1. The summed E-state index contributed by atoms with van der Waals surface area (Å²) in [7, 11) is 0. The highest BCUT2D eigenvalue weighted by Crippen LogP contribution is 2.33. The number of piperidine rings is 1. The van der Waals surface area contributed by atoms with Gasteiger partial charge >= 0.3 is 0 Å². The number of carbonyl (C=O) groups excluding carboxylic acids is 2. The summed E-state index contributed by atoms with van der Waals surface area (Å²) in [5.74, 6) is -0.818. The monoisotopic (exact) mass is 356 g/mol. The summed E-state index contributed by atoms with van der Waals surface area (Å²) in [4.78, 5) is 41.1. The minimum Gasteiger partial charge on any atom is -0.369 e. The molecule has 0 saturated carbocycles. The number of primary amides is 2. The van der Waals surface area contributed by atoms with Crippen LogP contribution in [0.15, 0.2) is 29.1 Å². The molecule has 1 aliphatic heterocycles. The van der Waals surface area contributed by atoms with Gasteiger partial charge in [-0.1, -0.05) is 6.92 Å². The minimum atomic E-state index is -0.564. The van der Waals surface area contributed by atoms with E-state index in [0.29, 0.717) is 36.0 Å². The van der Waals surface area contributed by atoms with Crippen LogP contribution in [0.1, 0.15) is 42.2 Å². The van der Waals surface area contributed by atoms with Crippen molar-refractivity contribution >= 4 is 22.7 Å². The Labute approximate surface area is 151 Å². The highest BCUT2D eigenvalue weighted by molar-refractivity contribution is 5.96. The molecule has 0 bridgehead atoms. The Kier molecular flexibility index (Phi) is 4.82. The summed E-state index contributed by atoms with van der Waals surface area (Å²) in [6, 6.07) is 6.34. The maximum absolute atomic E-state index is 12.4. The predicted octanol–water partition coefficient (Wildman–Crippen LogP) is 1.10. The number of hydrogen-bond donors (Lipinski definition) is 3. The molecule has 1 unspecified atom stereocenters. The largest absolute Gasteiger partial charge is 0.369 e. The normalized spacial score (nSPS) is 21.0. The van der Waals surface area contributed by atoms with Crippen molar-refractivity contribution in [3.8, 4) is 0 Å². The molecule has 1 saturated heterocycles. The number of aromatic amines is 1. The van der Waals surface area contributed by atoms with E-state index in [-0.39, 0.29) is 11.3 Å². The van der Waals surface area contributed by atoms with Crippen molar-refractivity contribution in [2.24, 2.45) is 16.9 Å². The number of amides is 2. The van der Waals surface area contributed by atoms with Crippen LogP contribution in [0.4, 0.5) is 0 Å². The van der Waals surface area contributed by atoms with Crippen LogP contribution in [0.3, 0.4) is 0 Å². The first kappa shape index (κ1) is 18.1. The quantitative estimate of drug-likeness (QED) is 0.742. The van der Waals surface area contributed by atoms with Crippen molar-refractivity contribution in [2.75, 3.05) is 13.1 Å². The summed E-state index contributed by atoms with van der Waals surface area (Å²) in [6.07, 6.45) is 2.42. The smallest absolute Gasteiger partial charge is 0.248 e. The topological polar surface area (TPSA) is 122 Å². The summed E-state index contributed by atoms with van der Waals surface area (Å²) in [5, 5.41) is 0.434. The van der Waals surface area contributed by atoms with Gasteiger partial charge in [-0.05, 0) is 44.0 Å². The lowest BCUT2D eigenvalue weighted by molar-refractivity contribution is -0.131. The van der Waals surface area contributed by atoms with Gasteiger partial charge in [0.1, 0.15) is 0 Å². The van der Waals surface area contributed by atoms with Crippen LogP contribution in [0.5, 0.6) is 0 Å². The van der Waals surface area contributed by atoms with E-state index in [0.717, 1.165) is 25.1 Å². The molecule has 3 rings (SSSR count). The number of aromatic nitrogens is 1. The molecule has 1 fully saturated rings. The Morgan fingerprint density at radius 2 is 2.04 bits per heavy atom. The Hall–Kier alpha value is -2.67. The third-order valence-electron chi connectivity index (χ3n) is 5.42. The van der Waals surface area contributed by atoms with Crippen LogP contribution in [0, 0.1) is 5.41 Å². The SMILES string of the molecule is CCC1(C(N)=O)CCCN(Cc2cc(=O)c3cc(C(N)=O)ccc3[nH]2)C1. The van der Waals surface area contributed by atoms with Crippen molar-refractivity contribution in [1.29, 1.82) is 0 Å². The zero-order valence-electron chi connectivity index (χ0n) is 14.9. The molecular formula is C19H24N4O3. The molecule has 138 valence electrons. The maximum Gasteiger partial charge on any atom is 0.248 e. The number of benzene rings is 1. The van der Waals surface area contributed by atoms with Crippen LogP contribution in [0.2, 0.25) is 0 Å². The summed E-state index contributed by atoms with van der Waals surface area (Å²) < 4.78 is 0. The lowest BCUT2D eigenvalue weighted by Gasteiger charge is -2.40. The van der Waals surface area contributed by atoms with Crippen LogP contribution >= 0.6 is 0 Å². The first-order valence-electron chi connectivity index (χ1n) is 8.83. The van der Waals surface area contributed by atoms with Gasteiger partial charge in [0.25, 0.3) is 0 Å². The molecule has 2 aromatic rings. The molecule has 7 heteroatoms. The number of hydrogen-bond acceptors (Lipinski definition) is 4. The molecule has 1 aromatic carbocycles. The van der Waals surface area contributed by atoms with E-state index in [1.807, 2.05) is 6.92 Å². The second-order valence-corrected chi connectivity index (χ2v) is 7.10. The Bertz CT molecular complexity index is 921. The molecule has 1 aromatic heterocycles. The molecule has 0 spiro atoms. The average Bonchev–Trinajstić information content (AvgIpc) is 2.61. The summed E-state index contributed by atoms with van der Waals surface area (Å²) in [6.45, 7) is 3.98.